The summed E-state index contributed by atoms with van der Waals surface area (Å²) in [6.07, 6.45) is 5.21. The van der Waals surface area contributed by atoms with Gasteiger partial charge in [-0.3, -0.25) is 9.48 Å². The zero-order valence-corrected chi connectivity index (χ0v) is 13.2. The number of aliphatic hydroxyl groups is 1. The van der Waals surface area contributed by atoms with Crippen molar-refractivity contribution in [3.05, 3.63) is 12.4 Å². The largest absolute Gasteiger partial charge is 0.389 e. The summed E-state index contributed by atoms with van der Waals surface area (Å²) in [5.41, 5.74) is 0.0878. The number of nitrogens with zero attached hydrogens (tertiary/aromatic N) is 3. The van der Waals surface area contributed by atoms with Crippen molar-refractivity contribution in [2.75, 3.05) is 25.0 Å². The fourth-order valence-corrected chi connectivity index (χ4v) is 2.75. The highest BCUT2D eigenvalue weighted by atomic mass is 16.3. The van der Waals surface area contributed by atoms with Crippen LogP contribution in [-0.2, 0) is 11.3 Å². The van der Waals surface area contributed by atoms with Crippen molar-refractivity contribution in [3.8, 4) is 0 Å². The molecule has 0 radical (unpaired) electrons. The standard InChI is InChI=1S/C15H26N4O2/c1-4-19-10-13(9-16-19)17-14(20)12-5-7-18(8-6-12)11-15(2,3)21/h9-10,12,21H,4-8,11H2,1-3H3,(H,17,20). The molecule has 0 unspecified atom stereocenters. The smallest absolute Gasteiger partial charge is 0.227 e. The van der Waals surface area contributed by atoms with Gasteiger partial charge in [0.15, 0.2) is 0 Å². The van der Waals surface area contributed by atoms with E-state index >= 15 is 0 Å². The number of amides is 1. The van der Waals surface area contributed by atoms with Crippen LogP contribution >= 0.6 is 0 Å². The number of rotatable bonds is 5. The van der Waals surface area contributed by atoms with Crippen LogP contribution in [0.5, 0.6) is 0 Å². The molecule has 118 valence electrons. The number of piperidine rings is 1. The van der Waals surface area contributed by atoms with E-state index in [4.69, 9.17) is 0 Å². The summed E-state index contributed by atoms with van der Waals surface area (Å²) in [6, 6.07) is 0. The Morgan fingerprint density at radius 2 is 2.14 bits per heavy atom. The van der Waals surface area contributed by atoms with Gasteiger partial charge in [0, 0.05) is 25.2 Å². The van der Waals surface area contributed by atoms with Gasteiger partial charge in [-0.1, -0.05) is 0 Å². The first kappa shape index (κ1) is 16.0. The molecule has 0 atom stereocenters. The van der Waals surface area contributed by atoms with Gasteiger partial charge in [-0.2, -0.15) is 5.10 Å². The fraction of sp³-hybridized carbons (Fsp3) is 0.733. The average Bonchev–Trinajstić information content (AvgIpc) is 2.85. The van der Waals surface area contributed by atoms with Crippen molar-refractivity contribution in [3.63, 3.8) is 0 Å². The van der Waals surface area contributed by atoms with E-state index in [9.17, 15) is 9.90 Å². The second kappa shape index (κ2) is 6.58. The Labute approximate surface area is 126 Å². The van der Waals surface area contributed by atoms with Crippen molar-refractivity contribution in [1.29, 1.82) is 0 Å². The lowest BCUT2D eigenvalue weighted by Crippen LogP contribution is -2.44. The highest BCUT2D eigenvalue weighted by molar-refractivity contribution is 5.92. The maximum absolute atomic E-state index is 12.2. The Kier molecular flexibility index (Phi) is 5.00. The summed E-state index contributed by atoms with van der Waals surface area (Å²) >= 11 is 0. The van der Waals surface area contributed by atoms with Gasteiger partial charge in [-0.15, -0.1) is 0 Å². The molecule has 0 bridgehead atoms. The van der Waals surface area contributed by atoms with E-state index in [1.54, 1.807) is 10.9 Å². The first-order valence-corrected chi connectivity index (χ1v) is 7.65. The minimum absolute atomic E-state index is 0.0491. The zero-order valence-electron chi connectivity index (χ0n) is 13.2. The average molecular weight is 294 g/mol. The van der Waals surface area contributed by atoms with E-state index in [0.29, 0.717) is 6.54 Å². The van der Waals surface area contributed by atoms with Crippen LogP contribution in [0, 0.1) is 5.92 Å². The normalized spacial score (nSPS) is 17.9. The summed E-state index contributed by atoms with van der Waals surface area (Å²) in [7, 11) is 0. The molecule has 1 saturated heterocycles. The van der Waals surface area contributed by atoms with Crippen LogP contribution in [0.1, 0.15) is 33.6 Å². The number of hydrogen-bond donors (Lipinski definition) is 2. The molecule has 0 aliphatic carbocycles. The molecule has 1 fully saturated rings. The maximum atomic E-state index is 12.2. The molecule has 2 N–H and O–H groups in total. The van der Waals surface area contributed by atoms with E-state index in [1.165, 1.54) is 0 Å². The predicted molar refractivity (Wildman–Crippen MR) is 82.0 cm³/mol. The van der Waals surface area contributed by atoms with E-state index in [2.05, 4.69) is 15.3 Å². The second-order valence-corrected chi connectivity index (χ2v) is 6.44. The predicted octanol–water partition coefficient (Wildman–Crippen LogP) is 1.32. The van der Waals surface area contributed by atoms with E-state index in [0.717, 1.165) is 38.2 Å². The maximum Gasteiger partial charge on any atom is 0.227 e. The SMILES string of the molecule is CCn1cc(NC(=O)C2CCN(CC(C)(C)O)CC2)cn1. The Bertz CT molecular complexity index is 470. The third-order valence-electron chi connectivity index (χ3n) is 3.79. The molecule has 1 amide bonds. The summed E-state index contributed by atoms with van der Waals surface area (Å²) < 4.78 is 1.79. The fourth-order valence-electron chi connectivity index (χ4n) is 2.75. The van der Waals surface area contributed by atoms with E-state index in [-0.39, 0.29) is 11.8 Å². The van der Waals surface area contributed by atoms with E-state index in [1.807, 2.05) is 27.0 Å². The number of carbonyl (C=O) groups is 1. The monoisotopic (exact) mass is 294 g/mol. The molecule has 2 rings (SSSR count). The van der Waals surface area contributed by atoms with Gasteiger partial charge in [0.05, 0.1) is 17.5 Å². The highest BCUT2D eigenvalue weighted by Gasteiger charge is 2.27. The number of β-amino-alcohol motifs (C(OH)–C–C–N with tert-alkyl or cyclic N) is 1. The minimum Gasteiger partial charge on any atom is -0.389 e. The summed E-state index contributed by atoms with van der Waals surface area (Å²) in [5, 5.41) is 16.9. The molecule has 6 nitrogen and oxygen atoms in total. The minimum atomic E-state index is -0.677. The van der Waals surface area contributed by atoms with Gasteiger partial charge in [-0.05, 0) is 46.7 Å². The van der Waals surface area contributed by atoms with Crippen LogP contribution in [0.2, 0.25) is 0 Å². The quantitative estimate of drug-likeness (QED) is 0.859. The lowest BCUT2D eigenvalue weighted by Gasteiger charge is -2.34. The van der Waals surface area contributed by atoms with Gasteiger partial charge < -0.3 is 15.3 Å². The van der Waals surface area contributed by atoms with Crippen LogP contribution in [0.3, 0.4) is 0 Å². The molecule has 6 heteroatoms. The zero-order chi connectivity index (χ0) is 15.5. The Morgan fingerprint density at radius 3 is 2.67 bits per heavy atom. The molecule has 0 aromatic carbocycles. The number of nitrogens with one attached hydrogen (secondary N) is 1. The third-order valence-corrected chi connectivity index (χ3v) is 3.79. The summed E-state index contributed by atoms with van der Waals surface area (Å²) in [5.74, 6) is 0.126. The number of aromatic nitrogens is 2. The van der Waals surface area contributed by atoms with Crippen LogP contribution in [-0.4, -0.2) is 50.9 Å². The van der Waals surface area contributed by atoms with Gasteiger partial charge in [-0.25, -0.2) is 0 Å². The van der Waals surface area contributed by atoms with Crippen LogP contribution < -0.4 is 5.32 Å². The Balaban J connectivity index is 1.80. The second-order valence-electron chi connectivity index (χ2n) is 6.44. The number of anilines is 1. The lowest BCUT2D eigenvalue weighted by atomic mass is 9.95. The van der Waals surface area contributed by atoms with Crippen molar-refractivity contribution < 1.29 is 9.90 Å². The van der Waals surface area contributed by atoms with Gasteiger partial charge >= 0.3 is 0 Å². The Hall–Kier alpha value is -1.40. The summed E-state index contributed by atoms with van der Waals surface area (Å²) in [6.45, 7) is 8.81. The molecule has 21 heavy (non-hydrogen) atoms. The van der Waals surface area contributed by atoms with Crippen molar-refractivity contribution >= 4 is 11.6 Å². The first-order valence-electron chi connectivity index (χ1n) is 7.65. The first-order chi connectivity index (χ1) is 9.87. The highest BCUT2D eigenvalue weighted by Crippen LogP contribution is 2.20. The number of aryl methyl sites for hydroxylation is 1. The van der Waals surface area contributed by atoms with Crippen LogP contribution in [0.4, 0.5) is 5.69 Å². The molecule has 1 aromatic rings. The van der Waals surface area contributed by atoms with Gasteiger partial charge in [0.2, 0.25) is 5.91 Å². The molecule has 0 spiro atoms. The molecule has 0 saturated carbocycles. The number of hydrogen-bond acceptors (Lipinski definition) is 4. The van der Waals surface area contributed by atoms with Crippen molar-refractivity contribution in [2.24, 2.45) is 5.92 Å². The third kappa shape index (κ3) is 4.82. The number of carbonyl (C=O) groups excluding carboxylic acids is 1. The molecule has 1 aromatic heterocycles. The molecule has 2 heterocycles. The Morgan fingerprint density at radius 1 is 1.48 bits per heavy atom. The number of likely N-dealkylation sites (tertiary alicyclic amines) is 1. The summed E-state index contributed by atoms with van der Waals surface area (Å²) in [4.78, 5) is 14.5. The van der Waals surface area contributed by atoms with Crippen molar-refractivity contribution in [2.45, 2.75) is 45.8 Å². The van der Waals surface area contributed by atoms with Gasteiger partial charge in [0.25, 0.3) is 0 Å². The molecule has 1 aliphatic rings. The topological polar surface area (TPSA) is 70.4 Å². The van der Waals surface area contributed by atoms with Crippen molar-refractivity contribution in [1.82, 2.24) is 14.7 Å². The molecular weight excluding hydrogens is 268 g/mol. The molecular formula is C15H26N4O2. The molecule has 1 aliphatic heterocycles. The van der Waals surface area contributed by atoms with Gasteiger partial charge in [0.1, 0.15) is 0 Å². The van der Waals surface area contributed by atoms with E-state index < -0.39 is 5.60 Å². The lowest BCUT2D eigenvalue weighted by molar-refractivity contribution is -0.121. The van der Waals surface area contributed by atoms with Crippen LogP contribution in [0.15, 0.2) is 12.4 Å². The van der Waals surface area contributed by atoms with Crippen LogP contribution in [0.25, 0.3) is 0 Å².